The fraction of sp³-hybridized carbons (Fsp3) is 0.214. The van der Waals surface area contributed by atoms with Gasteiger partial charge in [0, 0.05) is 17.8 Å². The third-order valence-corrected chi connectivity index (χ3v) is 2.66. The Morgan fingerprint density at radius 3 is 2.72 bits per heavy atom. The lowest BCUT2D eigenvalue weighted by Crippen LogP contribution is -2.08. The molecule has 1 aromatic carbocycles. The summed E-state index contributed by atoms with van der Waals surface area (Å²) in [5, 5.41) is 0. The Labute approximate surface area is 105 Å². The second-order valence-corrected chi connectivity index (χ2v) is 4.14. The van der Waals surface area contributed by atoms with Crippen LogP contribution in [-0.4, -0.2) is 4.98 Å². The minimum absolute atomic E-state index is 0.170. The van der Waals surface area contributed by atoms with Gasteiger partial charge in [0.25, 0.3) is 0 Å². The van der Waals surface area contributed by atoms with Crippen molar-refractivity contribution in [3.8, 4) is 11.5 Å². The van der Waals surface area contributed by atoms with Gasteiger partial charge in [-0.3, -0.25) is 4.98 Å². The maximum Gasteiger partial charge on any atom is 0.167 e. The van der Waals surface area contributed by atoms with Gasteiger partial charge in [-0.1, -0.05) is 12.1 Å². The molecule has 0 aliphatic rings. The van der Waals surface area contributed by atoms with Crippen LogP contribution in [0.15, 0.2) is 36.5 Å². The highest BCUT2D eigenvalue weighted by Crippen LogP contribution is 2.32. The summed E-state index contributed by atoms with van der Waals surface area (Å²) in [5.74, 6) is 0.279. The molecule has 0 aliphatic carbocycles. The lowest BCUT2D eigenvalue weighted by Gasteiger charge is -2.15. The van der Waals surface area contributed by atoms with Gasteiger partial charge in [-0.05, 0) is 32.0 Å². The number of para-hydroxylation sites is 1. The van der Waals surface area contributed by atoms with Gasteiger partial charge in [0.1, 0.15) is 5.75 Å². The van der Waals surface area contributed by atoms with E-state index in [1.54, 1.807) is 37.4 Å². The van der Waals surface area contributed by atoms with E-state index in [0.29, 0.717) is 17.0 Å². The average Bonchev–Trinajstić information content (AvgIpc) is 2.34. The number of hydrogen-bond acceptors (Lipinski definition) is 3. The monoisotopic (exact) mass is 246 g/mol. The van der Waals surface area contributed by atoms with Crippen LogP contribution in [0.3, 0.4) is 0 Å². The molecule has 0 radical (unpaired) electrons. The molecule has 2 N–H and O–H groups in total. The molecule has 0 amide bonds. The van der Waals surface area contributed by atoms with Crippen molar-refractivity contribution in [3.05, 3.63) is 53.6 Å². The number of aryl methyl sites for hydroxylation is 1. The zero-order valence-electron chi connectivity index (χ0n) is 10.4. The molecule has 94 valence electrons. The number of rotatable bonds is 3. The largest absolute Gasteiger partial charge is 0.452 e. The molecule has 0 bridgehead atoms. The molecule has 0 aliphatic heterocycles. The zero-order chi connectivity index (χ0) is 13.1. The molecule has 4 heteroatoms. The number of nitrogens with zero attached hydrogens (tertiary/aromatic N) is 1. The molecule has 3 nitrogen and oxygen atoms in total. The predicted molar refractivity (Wildman–Crippen MR) is 68.1 cm³/mol. The first-order valence-corrected chi connectivity index (χ1v) is 5.73. The van der Waals surface area contributed by atoms with Crippen molar-refractivity contribution in [2.75, 3.05) is 0 Å². The molecule has 2 aromatic rings. The second kappa shape index (κ2) is 5.14. The van der Waals surface area contributed by atoms with Gasteiger partial charge in [0.05, 0.1) is 5.69 Å². The first-order valence-electron chi connectivity index (χ1n) is 5.73. The second-order valence-electron chi connectivity index (χ2n) is 4.14. The summed E-state index contributed by atoms with van der Waals surface area (Å²) in [4.78, 5) is 4.10. The number of hydrogen-bond donors (Lipinski definition) is 1. The summed E-state index contributed by atoms with van der Waals surface area (Å²) in [5.41, 5.74) is 7.16. The highest BCUT2D eigenvalue weighted by atomic mass is 19.1. The van der Waals surface area contributed by atoms with E-state index in [-0.39, 0.29) is 11.8 Å². The van der Waals surface area contributed by atoms with E-state index in [9.17, 15) is 4.39 Å². The molecular weight excluding hydrogens is 231 g/mol. The van der Waals surface area contributed by atoms with Crippen LogP contribution in [0.25, 0.3) is 0 Å². The summed E-state index contributed by atoms with van der Waals surface area (Å²) in [6.45, 7) is 3.60. The van der Waals surface area contributed by atoms with Crippen molar-refractivity contribution in [1.82, 2.24) is 4.98 Å². The number of pyridine rings is 1. The van der Waals surface area contributed by atoms with Crippen LogP contribution in [0, 0.1) is 12.7 Å². The topological polar surface area (TPSA) is 48.1 Å². The Morgan fingerprint density at radius 2 is 2.06 bits per heavy atom. The van der Waals surface area contributed by atoms with E-state index in [2.05, 4.69) is 4.98 Å². The maximum absolute atomic E-state index is 13.8. The molecule has 0 spiro atoms. The van der Waals surface area contributed by atoms with Crippen molar-refractivity contribution in [2.45, 2.75) is 19.9 Å². The van der Waals surface area contributed by atoms with Gasteiger partial charge in [0.2, 0.25) is 0 Å². The van der Waals surface area contributed by atoms with Crippen LogP contribution in [0.5, 0.6) is 11.5 Å². The molecule has 0 saturated carbocycles. The fourth-order valence-electron chi connectivity index (χ4n) is 1.68. The lowest BCUT2D eigenvalue weighted by atomic mass is 10.1. The van der Waals surface area contributed by atoms with Gasteiger partial charge in [-0.2, -0.15) is 0 Å². The van der Waals surface area contributed by atoms with Crippen LogP contribution in [0.2, 0.25) is 0 Å². The summed E-state index contributed by atoms with van der Waals surface area (Å²) < 4.78 is 19.4. The SMILES string of the molecule is Cc1ncccc1Oc1c(F)cccc1[C@H](C)N. The molecule has 18 heavy (non-hydrogen) atoms. The van der Waals surface area contributed by atoms with Crippen molar-refractivity contribution in [2.24, 2.45) is 5.73 Å². The van der Waals surface area contributed by atoms with Crippen LogP contribution in [-0.2, 0) is 0 Å². The minimum Gasteiger partial charge on any atom is -0.452 e. The van der Waals surface area contributed by atoms with Gasteiger partial charge in [-0.15, -0.1) is 0 Å². The smallest absolute Gasteiger partial charge is 0.167 e. The van der Waals surface area contributed by atoms with E-state index < -0.39 is 5.82 Å². The van der Waals surface area contributed by atoms with Crippen molar-refractivity contribution < 1.29 is 9.13 Å². The fourth-order valence-corrected chi connectivity index (χ4v) is 1.68. The summed E-state index contributed by atoms with van der Waals surface area (Å²) in [6.07, 6.45) is 1.66. The lowest BCUT2D eigenvalue weighted by molar-refractivity contribution is 0.428. The third kappa shape index (κ3) is 2.49. The van der Waals surface area contributed by atoms with Gasteiger partial charge < -0.3 is 10.5 Å². The van der Waals surface area contributed by atoms with E-state index >= 15 is 0 Å². The molecule has 1 atom stereocenters. The molecule has 1 heterocycles. The number of nitrogens with two attached hydrogens (primary N) is 1. The number of benzene rings is 1. The van der Waals surface area contributed by atoms with Crippen LogP contribution < -0.4 is 10.5 Å². The molecule has 0 saturated heterocycles. The number of ether oxygens (including phenoxy) is 1. The normalized spacial score (nSPS) is 12.2. The van der Waals surface area contributed by atoms with Crippen LogP contribution in [0.1, 0.15) is 24.2 Å². The standard InChI is InChI=1S/C14H15FN2O/c1-9(16)11-5-3-6-12(15)14(11)18-13-7-4-8-17-10(13)2/h3-9H,16H2,1-2H3/t9-/m0/s1. The Morgan fingerprint density at radius 1 is 1.28 bits per heavy atom. The Kier molecular flexibility index (Phi) is 3.58. The molecule has 2 rings (SSSR count). The van der Waals surface area contributed by atoms with Crippen LogP contribution in [0.4, 0.5) is 4.39 Å². The van der Waals surface area contributed by atoms with Gasteiger partial charge in [-0.25, -0.2) is 4.39 Å². The molecular formula is C14H15FN2O. The quantitative estimate of drug-likeness (QED) is 0.903. The summed E-state index contributed by atoms with van der Waals surface area (Å²) in [7, 11) is 0. The third-order valence-electron chi connectivity index (χ3n) is 2.66. The summed E-state index contributed by atoms with van der Waals surface area (Å²) >= 11 is 0. The Balaban J connectivity index is 2.43. The zero-order valence-corrected chi connectivity index (χ0v) is 10.4. The molecule has 0 unspecified atom stereocenters. The van der Waals surface area contributed by atoms with E-state index in [1.165, 1.54) is 6.07 Å². The number of aromatic nitrogens is 1. The Hall–Kier alpha value is -1.94. The molecule has 1 aromatic heterocycles. The first-order chi connectivity index (χ1) is 8.59. The van der Waals surface area contributed by atoms with E-state index in [0.717, 1.165) is 0 Å². The Bertz CT molecular complexity index is 555. The first kappa shape index (κ1) is 12.5. The van der Waals surface area contributed by atoms with Crippen molar-refractivity contribution in [3.63, 3.8) is 0 Å². The van der Waals surface area contributed by atoms with E-state index in [4.69, 9.17) is 10.5 Å². The van der Waals surface area contributed by atoms with Gasteiger partial charge in [0.15, 0.2) is 11.6 Å². The van der Waals surface area contributed by atoms with Crippen LogP contribution >= 0.6 is 0 Å². The van der Waals surface area contributed by atoms with Crippen molar-refractivity contribution >= 4 is 0 Å². The summed E-state index contributed by atoms with van der Waals surface area (Å²) in [6, 6.07) is 7.93. The van der Waals surface area contributed by atoms with Crippen molar-refractivity contribution in [1.29, 1.82) is 0 Å². The van der Waals surface area contributed by atoms with Gasteiger partial charge >= 0.3 is 0 Å². The minimum atomic E-state index is -0.423. The maximum atomic E-state index is 13.8. The highest BCUT2D eigenvalue weighted by Gasteiger charge is 2.14. The predicted octanol–water partition coefficient (Wildman–Crippen LogP) is 3.34. The average molecular weight is 246 g/mol. The highest BCUT2D eigenvalue weighted by molar-refractivity contribution is 5.41. The number of halogens is 1. The van der Waals surface area contributed by atoms with E-state index in [1.807, 2.05) is 6.92 Å². The molecule has 0 fully saturated rings.